The van der Waals surface area contributed by atoms with E-state index in [1.807, 2.05) is 24.3 Å². The number of hydrogen-bond acceptors (Lipinski definition) is 4. The molecule has 0 bridgehead atoms. The van der Waals surface area contributed by atoms with E-state index in [0.29, 0.717) is 13.1 Å². The van der Waals surface area contributed by atoms with Gasteiger partial charge in [0, 0.05) is 18.8 Å². The van der Waals surface area contributed by atoms with Crippen LogP contribution in [0.3, 0.4) is 0 Å². The maximum Gasteiger partial charge on any atom is 0.238 e. The van der Waals surface area contributed by atoms with E-state index in [4.69, 9.17) is 10.9 Å². The highest BCUT2D eigenvalue weighted by molar-refractivity contribution is 7.89. The fourth-order valence-electron chi connectivity index (χ4n) is 1.76. The highest BCUT2D eigenvalue weighted by Gasteiger charge is 2.06. The van der Waals surface area contributed by atoms with Gasteiger partial charge in [-0.25, -0.2) is 13.6 Å². The first-order valence-corrected chi connectivity index (χ1v) is 7.68. The smallest absolute Gasteiger partial charge is 0.238 e. The minimum atomic E-state index is -3.63. The molecule has 2 aromatic carbocycles. The molecule has 20 heavy (non-hydrogen) atoms. The lowest BCUT2D eigenvalue weighted by atomic mass is 10.1. The summed E-state index contributed by atoms with van der Waals surface area (Å²) < 4.78 is 22.3. The summed E-state index contributed by atoms with van der Waals surface area (Å²) >= 11 is 0. The van der Waals surface area contributed by atoms with E-state index in [-0.39, 0.29) is 4.90 Å². The van der Waals surface area contributed by atoms with Gasteiger partial charge in [0.15, 0.2) is 0 Å². The van der Waals surface area contributed by atoms with Crippen molar-refractivity contribution in [2.75, 3.05) is 5.32 Å². The Morgan fingerprint density at radius 2 is 1.45 bits per heavy atom. The van der Waals surface area contributed by atoms with Gasteiger partial charge in [0.2, 0.25) is 10.0 Å². The molecular weight excluding hydrogens is 274 g/mol. The van der Waals surface area contributed by atoms with Crippen LogP contribution >= 0.6 is 0 Å². The summed E-state index contributed by atoms with van der Waals surface area (Å²) in [5.41, 5.74) is 8.58. The second-order valence-corrected chi connectivity index (χ2v) is 6.00. The largest absolute Gasteiger partial charge is 0.381 e. The molecule has 6 heteroatoms. The predicted molar refractivity (Wildman–Crippen MR) is 79.5 cm³/mol. The Morgan fingerprint density at radius 1 is 0.900 bits per heavy atom. The highest BCUT2D eigenvalue weighted by atomic mass is 32.2. The maximum atomic E-state index is 11.1. The lowest BCUT2D eigenvalue weighted by Crippen LogP contribution is -2.12. The molecule has 0 aliphatic heterocycles. The zero-order valence-electron chi connectivity index (χ0n) is 10.9. The number of nitrogens with one attached hydrogen (secondary N) is 1. The van der Waals surface area contributed by atoms with Crippen LogP contribution in [-0.4, -0.2) is 8.42 Å². The molecular formula is C14H17N3O2S. The third kappa shape index (κ3) is 3.80. The Balaban J connectivity index is 2.00. The van der Waals surface area contributed by atoms with Crippen molar-refractivity contribution in [3.05, 3.63) is 59.7 Å². The van der Waals surface area contributed by atoms with Crippen LogP contribution in [0.5, 0.6) is 0 Å². The van der Waals surface area contributed by atoms with Crippen LogP contribution in [0.15, 0.2) is 53.4 Å². The molecule has 0 aromatic heterocycles. The number of sulfonamides is 1. The van der Waals surface area contributed by atoms with Gasteiger partial charge in [0.25, 0.3) is 0 Å². The maximum absolute atomic E-state index is 11.1. The summed E-state index contributed by atoms with van der Waals surface area (Å²) in [6, 6.07) is 14.3. The van der Waals surface area contributed by atoms with E-state index < -0.39 is 10.0 Å². The second-order valence-electron chi connectivity index (χ2n) is 4.44. The van der Waals surface area contributed by atoms with Crippen LogP contribution in [0.25, 0.3) is 0 Å². The molecule has 0 aliphatic rings. The van der Waals surface area contributed by atoms with E-state index in [1.54, 1.807) is 12.1 Å². The fourth-order valence-corrected chi connectivity index (χ4v) is 2.28. The zero-order chi connectivity index (χ0) is 14.6. The molecule has 0 heterocycles. The molecule has 0 aliphatic carbocycles. The van der Waals surface area contributed by atoms with Crippen LogP contribution in [-0.2, 0) is 23.1 Å². The molecule has 5 N–H and O–H groups in total. The quantitative estimate of drug-likeness (QED) is 0.775. The first kappa shape index (κ1) is 14.5. The van der Waals surface area contributed by atoms with Crippen molar-refractivity contribution in [1.29, 1.82) is 0 Å². The Labute approximate surface area is 118 Å². The van der Waals surface area contributed by atoms with Crippen molar-refractivity contribution in [2.24, 2.45) is 10.9 Å². The van der Waals surface area contributed by atoms with Gasteiger partial charge in [-0.3, -0.25) is 0 Å². The van der Waals surface area contributed by atoms with Gasteiger partial charge in [0.1, 0.15) is 0 Å². The fraction of sp³-hybridized carbons (Fsp3) is 0.143. The van der Waals surface area contributed by atoms with Crippen LogP contribution in [0, 0.1) is 0 Å². The van der Waals surface area contributed by atoms with Crippen molar-refractivity contribution in [3.8, 4) is 0 Å². The molecule has 0 radical (unpaired) electrons. The van der Waals surface area contributed by atoms with E-state index in [2.05, 4.69) is 5.32 Å². The Morgan fingerprint density at radius 3 is 1.95 bits per heavy atom. The average Bonchev–Trinajstić information content (AvgIpc) is 2.45. The van der Waals surface area contributed by atoms with Crippen LogP contribution in [0.1, 0.15) is 11.1 Å². The van der Waals surface area contributed by atoms with Crippen LogP contribution < -0.4 is 16.2 Å². The summed E-state index contributed by atoms with van der Waals surface area (Å²) in [4.78, 5) is 0.107. The zero-order valence-corrected chi connectivity index (χ0v) is 11.7. The van der Waals surface area contributed by atoms with Gasteiger partial charge in [0.05, 0.1) is 4.90 Å². The Bertz CT molecular complexity index is 665. The number of anilines is 1. The molecule has 0 fully saturated rings. The normalized spacial score (nSPS) is 11.3. The number of rotatable bonds is 5. The van der Waals surface area contributed by atoms with E-state index >= 15 is 0 Å². The van der Waals surface area contributed by atoms with Crippen molar-refractivity contribution >= 4 is 15.7 Å². The van der Waals surface area contributed by atoms with Gasteiger partial charge < -0.3 is 11.1 Å². The molecule has 0 saturated heterocycles. The van der Waals surface area contributed by atoms with E-state index in [1.165, 1.54) is 12.1 Å². The summed E-state index contributed by atoms with van der Waals surface area (Å²) in [5.74, 6) is 0. The van der Waals surface area contributed by atoms with Crippen molar-refractivity contribution in [1.82, 2.24) is 0 Å². The first-order chi connectivity index (χ1) is 9.49. The van der Waals surface area contributed by atoms with Crippen LogP contribution in [0.4, 0.5) is 5.69 Å². The Hall–Kier alpha value is -1.89. The molecule has 0 spiro atoms. The summed E-state index contributed by atoms with van der Waals surface area (Å²) in [5, 5.41) is 8.25. The predicted octanol–water partition coefficient (Wildman–Crippen LogP) is 1.40. The van der Waals surface area contributed by atoms with Gasteiger partial charge in [-0.15, -0.1) is 0 Å². The van der Waals surface area contributed by atoms with Gasteiger partial charge in [-0.05, 0) is 35.4 Å². The molecule has 5 nitrogen and oxygen atoms in total. The van der Waals surface area contributed by atoms with Crippen molar-refractivity contribution < 1.29 is 8.42 Å². The molecule has 2 rings (SSSR count). The van der Waals surface area contributed by atoms with Crippen molar-refractivity contribution in [3.63, 3.8) is 0 Å². The van der Waals surface area contributed by atoms with Gasteiger partial charge in [-0.2, -0.15) is 0 Å². The molecule has 2 aromatic rings. The van der Waals surface area contributed by atoms with Crippen molar-refractivity contribution in [2.45, 2.75) is 18.0 Å². The van der Waals surface area contributed by atoms with Gasteiger partial charge >= 0.3 is 0 Å². The third-order valence-electron chi connectivity index (χ3n) is 2.94. The van der Waals surface area contributed by atoms with E-state index in [9.17, 15) is 8.42 Å². The molecule has 0 amide bonds. The molecule has 0 atom stereocenters. The Kier molecular flexibility index (Phi) is 4.39. The molecule has 106 valence electrons. The lowest BCUT2D eigenvalue weighted by Gasteiger charge is -2.08. The van der Waals surface area contributed by atoms with Gasteiger partial charge in [-0.1, -0.05) is 24.3 Å². The minimum Gasteiger partial charge on any atom is -0.381 e. The minimum absolute atomic E-state index is 0.107. The SMILES string of the molecule is NCc1ccc(CNc2ccc(S(N)(=O)=O)cc2)cc1. The summed E-state index contributed by atoms with van der Waals surface area (Å²) in [6.07, 6.45) is 0. The molecule has 0 saturated carbocycles. The molecule has 0 unspecified atom stereocenters. The first-order valence-electron chi connectivity index (χ1n) is 6.13. The number of hydrogen-bond donors (Lipinski definition) is 3. The number of primary sulfonamides is 1. The number of benzene rings is 2. The highest BCUT2D eigenvalue weighted by Crippen LogP contribution is 2.14. The monoisotopic (exact) mass is 291 g/mol. The third-order valence-corrected chi connectivity index (χ3v) is 3.87. The lowest BCUT2D eigenvalue weighted by molar-refractivity contribution is 0.598. The standard InChI is InChI=1S/C14H17N3O2S/c15-9-11-1-3-12(4-2-11)10-17-13-5-7-14(8-6-13)20(16,18)19/h1-8,17H,9-10,15H2,(H2,16,18,19). The number of nitrogens with two attached hydrogens (primary N) is 2. The summed E-state index contributed by atoms with van der Waals surface area (Å²) in [6.45, 7) is 1.18. The van der Waals surface area contributed by atoms with Crippen LogP contribution in [0.2, 0.25) is 0 Å². The summed E-state index contributed by atoms with van der Waals surface area (Å²) in [7, 11) is -3.63. The topological polar surface area (TPSA) is 98.2 Å². The van der Waals surface area contributed by atoms with E-state index in [0.717, 1.165) is 16.8 Å². The second kappa shape index (κ2) is 6.04. The average molecular weight is 291 g/mol.